The van der Waals surface area contributed by atoms with E-state index < -0.39 is 0 Å². The number of carbonyl (C=O) groups is 1. The number of hydrogen-bond donors (Lipinski definition) is 0. The number of rotatable bonds is 3. The van der Waals surface area contributed by atoms with Gasteiger partial charge in [-0.05, 0) is 60.4 Å². The predicted octanol–water partition coefficient (Wildman–Crippen LogP) is 2.61. The highest BCUT2D eigenvalue weighted by Crippen LogP contribution is 2.41. The van der Waals surface area contributed by atoms with Crippen LogP contribution in [0.25, 0.3) is 0 Å². The Morgan fingerprint density at radius 3 is 2.60 bits per heavy atom. The van der Waals surface area contributed by atoms with Crippen molar-refractivity contribution in [2.75, 3.05) is 19.7 Å². The normalized spacial score (nSPS) is 33.0. The molecule has 0 spiro atoms. The van der Waals surface area contributed by atoms with Gasteiger partial charge < -0.3 is 9.47 Å². The molecule has 2 saturated heterocycles. The van der Waals surface area contributed by atoms with E-state index in [1.807, 2.05) is 6.92 Å². The van der Waals surface area contributed by atoms with Gasteiger partial charge in [-0.2, -0.15) is 0 Å². The van der Waals surface area contributed by atoms with E-state index in [4.69, 9.17) is 9.47 Å². The summed E-state index contributed by atoms with van der Waals surface area (Å²) in [5.74, 6) is -0.00334. The van der Waals surface area contributed by atoms with Gasteiger partial charge in [0.15, 0.2) is 0 Å². The molecule has 2 rings (SSSR count). The lowest BCUT2D eigenvalue weighted by molar-refractivity contribution is -0.151. The zero-order chi connectivity index (χ0) is 15.0. The number of piperidine rings is 1. The van der Waals surface area contributed by atoms with Crippen LogP contribution in [0.5, 0.6) is 0 Å². The molecule has 0 saturated carbocycles. The first-order valence-corrected chi connectivity index (χ1v) is 7.86. The highest BCUT2D eigenvalue weighted by molar-refractivity contribution is 5.72. The van der Waals surface area contributed by atoms with Crippen molar-refractivity contribution >= 4 is 5.97 Å². The summed E-state index contributed by atoms with van der Waals surface area (Å²) in [4.78, 5) is 14.4. The SMILES string of the molecule is CCOC(=O)[C@@H]1CCCN(C2CC(C)(C)OC2(C)C)C1. The van der Waals surface area contributed by atoms with E-state index in [-0.39, 0.29) is 23.1 Å². The fourth-order valence-electron chi connectivity index (χ4n) is 3.84. The van der Waals surface area contributed by atoms with Crippen molar-refractivity contribution in [2.45, 2.75) is 71.1 Å². The third-order valence-electron chi connectivity index (χ3n) is 4.54. The van der Waals surface area contributed by atoms with E-state index in [2.05, 4.69) is 32.6 Å². The van der Waals surface area contributed by atoms with Gasteiger partial charge >= 0.3 is 5.97 Å². The first-order chi connectivity index (χ1) is 9.25. The molecule has 0 N–H and O–H groups in total. The highest BCUT2D eigenvalue weighted by atomic mass is 16.5. The van der Waals surface area contributed by atoms with E-state index in [0.717, 1.165) is 32.4 Å². The third kappa shape index (κ3) is 3.34. The van der Waals surface area contributed by atoms with Crippen LogP contribution in [-0.4, -0.2) is 47.8 Å². The molecule has 0 amide bonds. The van der Waals surface area contributed by atoms with Crippen molar-refractivity contribution in [3.63, 3.8) is 0 Å². The summed E-state index contributed by atoms with van der Waals surface area (Å²) in [6.45, 7) is 12.9. The molecule has 4 heteroatoms. The van der Waals surface area contributed by atoms with Crippen LogP contribution in [0.4, 0.5) is 0 Å². The smallest absolute Gasteiger partial charge is 0.310 e. The van der Waals surface area contributed by atoms with Gasteiger partial charge in [-0.1, -0.05) is 0 Å². The molecule has 0 aliphatic carbocycles. The molecule has 0 bridgehead atoms. The maximum absolute atomic E-state index is 12.0. The van der Waals surface area contributed by atoms with Crippen LogP contribution in [0.3, 0.4) is 0 Å². The molecule has 4 nitrogen and oxygen atoms in total. The van der Waals surface area contributed by atoms with E-state index in [9.17, 15) is 4.79 Å². The van der Waals surface area contributed by atoms with E-state index >= 15 is 0 Å². The van der Waals surface area contributed by atoms with E-state index in [1.54, 1.807) is 0 Å². The van der Waals surface area contributed by atoms with Gasteiger partial charge in [0, 0.05) is 12.6 Å². The standard InChI is InChI=1S/C16H29NO3/c1-6-19-14(18)12-8-7-9-17(11-12)13-10-15(2,3)20-16(13,4)5/h12-13H,6-11H2,1-5H3/t12-,13?/m1/s1. The van der Waals surface area contributed by atoms with Crippen molar-refractivity contribution in [3.05, 3.63) is 0 Å². The van der Waals surface area contributed by atoms with Crippen molar-refractivity contribution in [2.24, 2.45) is 5.92 Å². The number of hydrogen-bond acceptors (Lipinski definition) is 4. The maximum Gasteiger partial charge on any atom is 0.310 e. The Morgan fingerprint density at radius 2 is 2.05 bits per heavy atom. The molecule has 2 atom stereocenters. The zero-order valence-corrected chi connectivity index (χ0v) is 13.6. The van der Waals surface area contributed by atoms with Gasteiger partial charge in [0.25, 0.3) is 0 Å². The van der Waals surface area contributed by atoms with Gasteiger partial charge in [-0.3, -0.25) is 9.69 Å². The Kier molecular flexibility index (Phi) is 4.45. The summed E-state index contributed by atoms with van der Waals surface area (Å²) in [6, 6.07) is 0.384. The average Bonchev–Trinajstić information content (AvgIpc) is 2.58. The van der Waals surface area contributed by atoms with Gasteiger partial charge in [0.2, 0.25) is 0 Å². The predicted molar refractivity (Wildman–Crippen MR) is 78.6 cm³/mol. The lowest BCUT2D eigenvalue weighted by Crippen LogP contribution is -2.51. The van der Waals surface area contributed by atoms with Gasteiger partial charge in [0.05, 0.1) is 23.7 Å². The Labute approximate surface area is 122 Å². The molecule has 0 aromatic heterocycles. The van der Waals surface area contributed by atoms with Gasteiger partial charge in [-0.25, -0.2) is 0 Å². The van der Waals surface area contributed by atoms with Crippen LogP contribution in [0, 0.1) is 5.92 Å². The maximum atomic E-state index is 12.0. The molecule has 0 aromatic rings. The molecule has 2 aliphatic rings. The molecule has 0 radical (unpaired) electrons. The topological polar surface area (TPSA) is 38.8 Å². The minimum Gasteiger partial charge on any atom is -0.466 e. The summed E-state index contributed by atoms with van der Waals surface area (Å²) in [7, 11) is 0. The largest absolute Gasteiger partial charge is 0.466 e. The van der Waals surface area contributed by atoms with E-state index in [0.29, 0.717) is 12.6 Å². The molecule has 2 aliphatic heterocycles. The zero-order valence-electron chi connectivity index (χ0n) is 13.6. The van der Waals surface area contributed by atoms with Crippen molar-refractivity contribution in [3.8, 4) is 0 Å². The van der Waals surface area contributed by atoms with Crippen LogP contribution >= 0.6 is 0 Å². The molecule has 1 unspecified atom stereocenters. The minimum atomic E-state index is -0.153. The molecular formula is C16H29NO3. The Hall–Kier alpha value is -0.610. The molecule has 0 aromatic carbocycles. The lowest BCUT2D eigenvalue weighted by atomic mass is 9.89. The number of nitrogens with zero attached hydrogens (tertiary/aromatic N) is 1. The Morgan fingerprint density at radius 1 is 1.35 bits per heavy atom. The van der Waals surface area contributed by atoms with Crippen LogP contribution in [0.15, 0.2) is 0 Å². The highest BCUT2D eigenvalue weighted by Gasteiger charge is 2.49. The molecule has 2 heterocycles. The summed E-state index contributed by atoms with van der Waals surface area (Å²) in [5, 5.41) is 0. The summed E-state index contributed by atoms with van der Waals surface area (Å²) < 4.78 is 11.4. The second kappa shape index (κ2) is 5.64. The van der Waals surface area contributed by atoms with Crippen LogP contribution in [0.2, 0.25) is 0 Å². The van der Waals surface area contributed by atoms with Gasteiger partial charge in [-0.15, -0.1) is 0 Å². The second-order valence-corrected chi connectivity index (χ2v) is 7.27. The van der Waals surface area contributed by atoms with Crippen LogP contribution in [-0.2, 0) is 14.3 Å². The fraction of sp³-hybridized carbons (Fsp3) is 0.938. The average molecular weight is 283 g/mol. The summed E-state index contributed by atoms with van der Waals surface area (Å²) >= 11 is 0. The second-order valence-electron chi connectivity index (χ2n) is 7.27. The minimum absolute atomic E-state index is 0.0308. The molecular weight excluding hydrogens is 254 g/mol. The lowest BCUT2D eigenvalue weighted by Gasteiger charge is -2.40. The van der Waals surface area contributed by atoms with Crippen LogP contribution in [0.1, 0.15) is 53.9 Å². The number of esters is 1. The van der Waals surface area contributed by atoms with Crippen molar-refractivity contribution in [1.82, 2.24) is 4.90 Å². The first-order valence-electron chi connectivity index (χ1n) is 7.86. The first kappa shape index (κ1) is 15.8. The van der Waals surface area contributed by atoms with Crippen molar-refractivity contribution in [1.29, 1.82) is 0 Å². The fourth-order valence-corrected chi connectivity index (χ4v) is 3.84. The quantitative estimate of drug-likeness (QED) is 0.746. The third-order valence-corrected chi connectivity index (χ3v) is 4.54. The Balaban J connectivity index is 2.04. The Bertz CT molecular complexity index is 365. The molecule has 20 heavy (non-hydrogen) atoms. The summed E-state index contributed by atoms with van der Waals surface area (Å²) in [5.41, 5.74) is -0.231. The monoisotopic (exact) mass is 283 g/mol. The number of carbonyl (C=O) groups excluding carboxylic acids is 1. The number of likely N-dealkylation sites (tertiary alicyclic amines) is 1. The number of ether oxygens (including phenoxy) is 2. The van der Waals surface area contributed by atoms with Crippen LogP contribution < -0.4 is 0 Å². The molecule has 2 fully saturated rings. The molecule has 116 valence electrons. The van der Waals surface area contributed by atoms with E-state index in [1.165, 1.54) is 0 Å². The van der Waals surface area contributed by atoms with Crippen molar-refractivity contribution < 1.29 is 14.3 Å². The van der Waals surface area contributed by atoms with Gasteiger partial charge in [0.1, 0.15) is 0 Å². The summed E-state index contributed by atoms with van der Waals surface area (Å²) in [6.07, 6.45) is 3.04.